The number of nitrogens with zero attached hydrogens (tertiary/aromatic N) is 3. The van der Waals surface area contributed by atoms with Crippen molar-refractivity contribution < 1.29 is 24.2 Å². The van der Waals surface area contributed by atoms with Crippen molar-refractivity contribution in [3.63, 3.8) is 0 Å². The van der Waals surface area contributed by atoms with E-state index in [1.165, 1.54) is 0 Å². The molecule has 5 rings (SSSR count). The highest BCUT2D eigenvalue weighted by Gasteiger charge is 2.76. The van der Waals surface area contributed by atoms with Crippen LogP contribution in [-0.4, -0.2) is 81.4 Å². The van der Waals surface area contributed by atoms with E-state index in [1.807, 2.05) is 50.2 Å². The van der Waals surface area contributed by atoms with Crippen molar-refractivity contribution in [2.75, 3.05) is 42.6 Å². The average Bonchev–Trinajstić information content (AvgIpc) is 3.64. The number of alkyl halides is 1. The Balaban J connectivity index is 1.57. The lowest BCUT2D eigenvalue weighted by Crippen LogP contribution is -2.56. The number of para-hydroxylation sites is 1. The van der Waals surface area contributed by atoms with E-state index < -0.39 is 22.6 Å². The van der Waals surface area contributed by atoms with Crippen molar-refractivity contribution >= 4 is 68.4 Å². The van der Waals surface area contributed by atoms with Gasteiger partial charge >= 0.3 is 0 Å². The first kappa shape index (κ1) is 35.5. The molecule has 0 saturated carbocycles. The van der Waals surface area contributed by atoms with Gasteiger partial charge in [-0.25, -0.2) is 0 Å². The molecule has 3 fully saturated rings. The summed E-state index contributed by atoms with van der Waals surface area (Å²) in [4.78, 5) is 49.3. The number of amides is 3. The van der Waals surface area contributed by atoms with Gasteiger partial charge in [-0.15, -0.1) is 24.9 Å². The summed E-state index contributed by atoms with van der Waals surface area (Å²) in [6.45, 7) is 13.1. The van der Waals surface area contributed by atoms with Crippen molar-refractivity contribution in [2.45, 2.75) is 60.4 Å². The molecule has 2 aromatic rings. The number of fused-ring (bicyclic) bond motifs is 1. The molecule has 3 amide bonds. The zero-order valence-electron chi connectivity index (χ0n) is 26.9. The number of thioether (sulfide) groups is 1. The van der Waals surface area contributed by atoms with Crippen molar-refractivity contribution in [1.29, 1.82) is 0 Å². The molecule has 0 radical (unpaired) electrons. The first-order valence-corrected chi connectivity index (χ1v) is 18.4. The first-order valence-electron chi connectivity index (χ1n) is 16.2. The van der Waals surface area contributed by atoms with Crippen LogP contribution in [0.5, 0.6) is 5.75 Å². The van der Waals surface area contributed by atoms with Gasteiger partial charge in [0.25, 0.3) is 5.91 Å². The molecule has 6 atom stereocenters. The standard InChI is InChI=1S/C36H43BrClN3O5S/c1-5-18-39(24-14-16-25(17-15-24)46-7-3)33(43)28-29-34(44)41(20-9-8-10-21-42)32(36(29)22-26(37)31(28)47-36)35(45)40(19-6-2)30-23(4)12-11-13-27(30)38/h5-6,11-17,26,28-29,31-32,42H,1-2,7-10,18-22H2,3-4H3/t26?,28-,29-,31-,32?,36?/m0/s1. The predicted molar refractivity (Wildman–Crippen MR) is 194 cm³/mol. The largest absolute Gasteiger partial charge is 0.494 e. The second kappa shape index (κ2) is 15.2. The fourth-order valence-electron chi connectivity index (χ4n) is 7.56. The number of aryl methyl sites for hydroxylation is 1. The SMILES string of the molecule is C=CCN(C(=O)[C@H]1[C@H]2C(=O)N(CCCCCO)C(C(=O)N(CC=C)c3c(C)cccc3Cl)C23CC(Br)[C@@H]1S3)c1ccc(OCC)cc1. The summed E-state index contributed by atoms with van der Waals surface area (Å²) in [5.74, 6) is -1.18. The Morgan fingerprint density at radius 3 is 2.45 bits per heavy atom. The summed E-state index contributed by atoms with van der Waals surface area (Å²) in [7, 11) is 0. The number of aliphatic hydroxyl groups excluding tert-OH is 1. The maximum Gasteiger partial charge on any atom is 0.251 e. The zero-order valence-corrected chi connectivity index (χ0v) is 30.1. The van der Waals surface area contributed by atoms with Crippen LogP contribution in [0.3, 0.4) is 0 Å². The molecule has 2 bridgehead atoms. The van der Waals surface area contributed by atoms with E-state index in [4.69, 9.17) is 16.3 Å². The van der Waals surface area contributed by atoms with Crippen LogP contribution in [-0.2, 0) is 14.4 Å². The molecule has 1 spiro atoms. The van der Waals surface area contributed by atoms with Crippen molar-refractivity contribution in [2.24, 2.45) is 11.8 Å². The second-order valence-corrected chi connectivity index (χ2v) is 15.4. The number of hydrogen-bond acceptors (Lipinski definition) is 6. The molecule has 252 valence electrons. The van der Waals surface area contributed by atoms with Crippen molar-refractivity contribution in [1.82, 2.24) is 4.90 Å². The minimum atomic E-state index is -0.822. The van der Waals surface area contributed by atoms with E-state index in [0.717, 1.165) is 5.56 Å². The normalized spacial score (nSPS) is 25.9. The number of aliphatic hydroxyl groups is 1. The molecule has 1 N–H and O–H groups in total. The summed E-state index contributed by atoms with van der Waals surface area (Å²) in [6, 6.07) is 12.1. The molecule has 2 aromatic carbocycles. The molecule has 11 heteroatoms. The third kappa shape index (κ3) is 6.51. The van der Waals surface area contributed by atoms with Gasteiger partial charge in [-0.2, -0.15) is 0 Å². The second-order valence-electron chi connectivity index (χ2n) is 12.3. The lowest BCUT2D eigenvalue weighted by molar-refractivity contribution is -0.139. The summed E-state index contributed by atoms with van der Waals surface area (Å²) in [5.41, 5.74) is 2.13. The third-order valence-electron chi connectivity index (χ3n) is 9.44. The number of carbonyl (C=O) groups excluding carboxylic acids is 3. The average molecular weight is 745 g/mol. The van der Waals surface area contributed by atoms with Crippen LogP contribution in [0.2, 0.25) is 5.02 Å². The molecule has 3 saturated heterocycles. The number of carbonyl (C=O) groups is 3. The number of unbranched alkanes of at least 4 members (excludes halogenated alkanes) is 2. The van der Waals surface area contributed by atoms with Crippen LogP contribution in [0.1, 0.15) is 38.2 Å². The van der Waals surface area contributed by atoms with E-state index in [1.54, 1.807) is 44.7 Å². The van der Waals surface area contributed by atoms with Gasteiger partial charge in [-0.05, 0) is 75.4 Å². The molecule has 3 aliphatic rings. The third-order valence-corrected chi connectivity index (χ3v) is 13.0. The highest BCUT2D eigenvalue weighted by molar-refractivity contribution is 9.09. The van der Waals surface area contributed by atoms with Crippen LogP contribution >= 0.6 is 39.3 Å². The van der Waals surface area contributed by atoms with Gasteiger partial charge in [0, 0.05) is 42.0 Å². The predicted octanol–water partition coefficient (Wildman–Crippen LogP) is 6.41. The van der Waals surface area contributed by atoms with Gasteiger partial charge in [-0.1, -0.05) is 51.8 Å². The molecular formula is C36H43BrClN3O5S. The molecule has 47 heavy (non-hydrogen) atoms. The smallest absolute Gasteiger partial charge is 0.251 e. The molecule has 3 aliphatic heterocycles. The van der Waals surface area contributed by atoms with Crippen molar-refractivity contribution in [3.8, 4) is 5.75 Å². The Kier molecular flexibility index (Phi) is 11.5. The van der Waals surface area contributed by atoms with Gasteiger partial charge in [0.05, 0.1) is 33.9 Å². The van der Waals surface area contributed by atoms with Crippen LogP contribution < -0.4 is 14.5 Å². The van der Waals surface area contributed by atoms with Gasteiger partial charge < -0.3 is 24.5 Å². The van der Waals surface area contributed by atoms with Gasteiger partial charge in [0.1, 0.15) is 11.8 Å². The summed E-state index contributed by atoms with van der Waals surface area (Å²) in [5, 5.41) is 9.65. The van der Waals surface area contributed by atoms with Crippen LogP contribution in [0.25, 0.3) is 0 Å². The number of rotatable bonds is 15. The fraction of sp³-hybridized carbons (Fsp3) is 0.472. The van der Waals surface area contributed by atoms with Gasteiger partial charge in [0.15, 0.2) is 0 Å². The van der Waals surface area contributed by atoms with Gasteiger partial charge in [0.2, 0.25) is 11.8 Å². The van der Waals surface area contributed by atoms with E-state index in [-0.39, 0.29) is 47.5 Å². The summed E-state index contributed by atoms with van der Waals surface area (Å²) >= 11 is 12.2. The monoisotopic (exact) mass is 743 g/mol. The molecule has 0 aliphatic carbocycles. The highest BCUT2D eigenvalue weighted by Crippen LogP contribution is 2.68. The van der Waals surface area contributed by atoms with E-state index in [2.05, 4.69) is 29.1 Å². The quantitative estimate of drug-likeness (QED) is 0.129. The minimum absolute atomic E-state index is 0.0613. The first-order chi connectivity index (χ1) is 22.6. The number of anilines is 2. The maximum atomic E-state index is 15.0. The number of likely N-dealkylation sites (tertiary alicyclic amines) is 1. The number of ether oxygens (including phenoxy) is 1. The summed E-state index contributed by atoms with van der Waals surface area (Å²) in [6.07, 6.45) is 5.87. The zero-order chi connectivity index (χ0) is 33.9. The molecule has 3 heterocycles. The Hall–Kier alpha value is -2.79. The maximum absolute atomic E-state index is 15.0. The summed E-state index contributed by atoms with van der Waals surface area (Å²) < 4.78 is 4.79. The lowest BCUT2D eigenvalue weighted by atomic mass is 9.70. The Bertz CT molecular complexity index is 1490. The molecule has 3 unspecified atom stereocenters. The molecule has 8 nitrogen and oxygen atoms in total. The van der Waals surface area contributed by atoms with Crippen LogP contribution in [0.4, 0.5) is 11.4 Å². The Labute approximate surface area is 295 Å². The highest BCUT2D eigenvalue weighted by atomic mass is 79.9. The molecule has 0 aromatic heterocycles. The number of hydrogen-bond donors (Lipinski definition) is 1. The lowest BCUT2D eigenvalue weighted by Gasteiger charge is -2.39. The van der Waals surface area contributed by atoms with Crippen molar-refractivity contribution in [3.05, 3.63) is 78.4 Å². The number of benzene rings is 2. The molecular weight excluding hydrogens is 702 g/mol. The van der Waals surface area contributed by atoms with E-state index >= 15 is 0 Å². The Morgan fingerprint density at radius 2 is 1.81 bits per heavy atom. The fourth-order valence-corrected chi connectivity index (χ4v) is 11.5. The Morgan fingerprint density at radius 1 is 1.11 bits per heavy atom. The van der Waals surface area contributed by atoms with E-state index in [9.17, 15) is 19.5 Å². The van der Waals surface area contributed by atoms with E-state index in [0.29, 0.717) is 61.0 Å². The number of halogens is 2. The van der Waals surface area contributed by atoms with Crippen LogP contribution in [0, 0.1) is 18.8 Å². The van der Waals surface area contributed by atoms with Gasteiger partial charge in [-0.3, -0.25) is 14.4 Å². The van der Waals surface area contributed by atoms with Crippen LogP contribution in [0.15, 0.2) is 67.8 Å². The topological polar surface area (TPSA) is 90.4 Å². The minimum Gasteiger partial charge on any atom is -0.494 e.